The van der Waals surface area contributed by atoms with E-state index in [0.717, 1.165) is 83.5 Å². The smallest absolute Gasteiger partial charge is 0.407 e. The van der Waals surface area contributed by atoms with E-state index in [1.807, 2.05) is 83.9 Å². The number of carbonyl (C=O) groups is 6. The van der Waals surface area contributed by atoms with Crippen LogP contribution in [0.15, 0.2) is 0 Å². The second-order valence-corrected chi connectivity index (χ2v) is 24.7. The Bertz CT molecular complexity index is 1500. The van der Waals surface area contributed by atoms with Crippen molar-refractivity contribution in [1.82, 2.24) is 36.0 Å². The van der Waals surface area contributed by atoms with Crippen LogP contribution in [-0.2, 0) is 23.8 Å². The molecule has 3 fully saturated rings. The van der Waals surface area contributed by atoms with Crippen molar-refractivity contribution in [3.63, 3.8) is 0 Å². The van der Waals surface area contributed by atoms with Crippen molar-refractivity contribution in [1.29, 1.82) is 0 Å². The summed E-state index contributed by atoms with van der Waals surface area (Å²) in [5.74, 6) is 1.80. The molecular formula is C56H103N7O9. The molecule has 3 aliphatic carbocycles. The first-order chi connectivity index (χ1) is 33.8. The summed E-state index contributed by atoms with van der Waals surface area (Å²) in [4.78, 5) is 84.6. The molecule has 0 heterocycles. The van der Waals surface area contributed by atoms with Crippen molar-refractivity contribution in [2.45, 2.75) is 216 Å². The minimum absolute atomic E-state index is 0.0597. The highest BCUT2D eigenvalue weighted by Crippen LogP contribution is 2.36. The Balaban J connectivity index is 1.57. The van der Waals surface area contributed by atoms with Crippen LogP contribution in [0, 0.1) is 40.9 Å². The third kappa shape index (κ3) is 21.9. The summed E-state index contributed by atoms with van der Waals surface area (Å²) in [6.45, 7) is 30.0. The van der Waals surface area contributed by atoms with Crippen LogP contribution >= 0.6 is 0 Å². The van der Waals surface area contributed by atoms with Gasteiger partial charge in [-0.3, -0.25) is 9.59 Å². The van der Waals surface area contributed by atoms with Gasteiger partial charge in [-0.25, -0.2) is 19.2 Å². The molecule has 16 nitrogen and oxygen atoms in total. The molecule has 0 spiro atoms. The Morgan fingerprint density at radius 1 is 0.444 bits per heavy atom. The summed E-state index contributed by atoms with van der Waals surface area (Å²) in [6, 6.07) is -0.119. The van der Waals surface area contributed by atoms with Crippen LogP contribution in [0.25, 0.3) is 0 Å². The molecule has 72 heavy (non-hydrogen) atoms. The monoisotopic (exact) mass is 1020 g/mol. The molecule has 4 N–H and O–H groups in total. The molecule has 6 atom stereocenters. The molecular weight excluding hydrogens is 915 g/mol. The topological polar surface area (TPSA) is 188 Å². The number of amides is 7. The van der Waals surface area contributed by atoms with E-state index in [4.69, 9.17) is 14.2 Å². The van der Waals surface area contributed by atoms with Crippen molar-refractivity contribution >= 4 is 36.1 Å². The second-order valence-electron chi connectivity index (χ2n) is 24.7. The Morgan fingerprint density at radius 2 is 0.778 bits per heavy atom. The van der Waals surface area contributed by atoms with E-state index < -0.39 is 17.6 Å². The van der Waals surface area contributed by atoms with Crippen molar-refractivity contribution in [3.8, 4) is 0 Å². The zero-order chi connectivity index (χ0) is 53.7. The maximum absolute atomic E-state index is 13.4. The number of ether oxygens (including phenoxy) is 3. The van der Waals surface area contributed by atoms with Gasteiger partial charge >= 0.3 is 30.2 Å². The number of alkyl carbamates (subject to hydrolysis) is 2. The van der Waals surface area contributed by atoms with Gasteiger partial charge in [0, 0.05) is 75.3 Å². The zero-order valence-corrected chi connectivity index (χ0v) is 47.6. The van der Waals surface area contributed by atoms with Gasteiger partial charge in [-0.1, -0.05) is 39.0 Å². The predicted molar refractivity (Wildman–Crippen MR) is 285 cm³/mol. The molecule has 3 saturated carbocycles. The number of hydrogen-bond acceptors (Lipinski definition) is 9. The predicted octanol–water partition coefficient (Wildman–Crippen LogP) is 10.7. The first kappa shape index (κ1) is 62.3. The summed E-state index contributed by atoms with van der Waals surface area (Å²) in [5.41, 5.74) is -1.72. The van der Waals surface area contributed by atoms with Gasteiger partial charge in [0.05, 0.1) is 5.41 Å². The highest BCUT2D eigenvalue weighted by molar-refractivity contribution is 5.77. The molecule has 6 unspecified atom stereocenters. The quantitative estimate of drug-likeness (QED) is 0.0539. The van der Waals surface area contributed by atoms with Gasteiger partial charge in [-0.05, 0) is 183 Å². The standard InChI is InChI=1S/C56H103N7O9/c1-14-56(38-70-48(65)30-28-42-22-18-21-41(31-42)27-29-47(64)61(15-2)53(5,6)7,39-71-51(68)59-36-45-25-19-23-43(32-45)34-57-49(66)62(16-3)54(8,9)10)40-72-52(69)60-37-46-26-20-24-44(33-46)35-58-50(67)63(17-4)55(11,12)13/h41-46H,14-40H2,1-13H3,(H,57,66)(H,58,67)(H,59,68)(H,60,69). The number of carbonyl (C=O) groups excluding carboxylic acids is 6. The summed E-state index contributed by atoms with van der Waals surface area (Å²) >= 11 is 0. The van der Waals surface area contributed by atoms with Crippen LogP contribution in [0.5, 0.6) is 0 Å². The maximum Gasteiger partial charge on any atom is 0.407 e. The molecule has 0 aromatic carbocycles. The van der Waals surface area contributed by atoms with Crippen molar-refractivity contribution in [3.05, 3.63) is 0 Å². The Hall–Kier alpha value is -3.98. The molecule has 416 valence electrons. The molecule has 0 radical (unpaired) electrons. The summed E-state index contributed by atoms with van der Waals surface area (Å²) < 4.78 is 17.6. The number of nitrogens with zero attached hydrogens (tertiary/aromatic N) is 3. The molecule has 16 heteroatoms. The van der Waals surface area contributed by atoms with Crippen LogP contribution in [0.3, 0.4) is 0 Å². The SMILES string of the molecule is CCN(C(=O)CCC1CCCC(CCC(=O)OCC(CC)(COC(=O)NCC2CCCC(CNC(=O)N(CC)C(C)(C)C)C2)COC(=O)NCC2CCCC(CNC(=O)N(CC)C(C)(C)C)C2)C1)C(C)(C)C. The lowest BCUT2D eigenvalue weighted by molar-refractivity contribution is -0.150. The van der Waals surface area contributed by atoms with Gasteiger partial charge in [-0.2, -0.15) is 0 Å². The average molecular weight is 1020 g/mol. The fraction of sp³-hybridized carbons (Fsp3) is 0.893. The third-order valence-electron chi connectivity index (χ3n) is 15.8. The van der Waals surface area contributed by atoms with Crippen LogP contribution < -0.4 is 21.3 Å². The lowest BCUT2D eigenvalue weighted by atomic mass is 9.77. The maximum atomic E-state index is 13.4. The van der Waals surface area contributed by atoms with Gasteiger partial charge in [0.2, 0.25) is 5.91 Å². The molecule has 3 rings (SSSR count). The molecule has 0 aromatic rings. The molecule has 0 aliphatic heterocycles. The van der Waals surface area contributed by atoms with E-state index in [1.54, 1.807) is 0 Å². The van der Waals surface area contributed by atoms with Gasteiger partial charge in [-0.15, -0.1) is 0 Å². The highest BCUT2D eigenvalue weighted by Gasteiger charge is 2.36. The molecule has 0 bridgehead atoms. The van der Waals surface area contributed by atoms with E-state index in [9.17, 15) is 28.8 Å². The van der Waals surface area contributed by atoms with E-state index in [2.05, 4.69) is 42.0 Å². The summed E-state index contributed by atoms with van der Waals surface area (Å²) in [5, 5.41) is 12.2. The van der Waals surface area contributed by atoms with Crippen molar-refractivity contribution in [2.24, 2.45) is 40.9 Å². The van der Waals surface area contributed by atoms with E-state index in [0.29, 0.717) is 88.7 Å². The lowest BCUT2D eigenvalue weighted by Gasteiger charge is -2.36. The zero-order valence-electron chi connectivity index (χ0n) is 47.6. The number of hydrogen-bond donors (Lipinski definition) is 4. The minimum Gasteiger partial charge on any atom is -0.465 e. The van der Waals surface area contributed by atoms with Gasteiger partial charge < -0.3 is 50.2 Å². The summed E-state index contributed by atoms with van der Waals surface area (Å²) in [7, 11) is 0. The Labute approximate surface area is 436 Å². The summed E-state index contributed by atoms with van der Waals surface area (Å²) in [6.07, 6.45) is 13.6. The number of nitrogens with one attached hydrogen (secondary N) is 4. The first-order valence-corrected chi connectivity index (χ1v) is 28.2. The molecule has 0 saturated heterocycles. The van der Waals surface area contributed by atoms with Gasteiger partial charge in [0.25, 0.3) is 0 Å². The number of esters is 1. The largest absolute Gasteiger partial charge is 0.465 e. The fourth-order valence-electron chi connectivity index (χ4n) is 11.5. The Kier molecular flexibility index (Phi) is 25.8. The van der Waals surface area contributed by atoms with Gasteiger partial charge in [0.1, 0.15) is 19.8 Å². The Morgan fingerprint density at radius 3 is 1.14 bits per heavy atom. The van der Waals surface area contributed by atoms with Crippen molar-refractivity contribution < 1.29 is 43.0 Å². The average Bonchev–Trinajstić information content (AvgIpc) is 3.32. The highest BCUT2D eigenvalue weighted by atomic mass is 16.6. The first-order valence-electron chi connectivity index (χ1n) is 28.2. The number of urea groups is 2. The molecule has 7 amide bonds. The molecule has 0 aromatic heterocycles. The molecule has 3 aliphatic rings. The normalized spacial score (nSPS) is 22.6. The third-order valence-corrected chi connectivity index (χ3v) is 15.8. The lowest BCUT2D eigenvalue weighted by Crippen LogP contribution is -2.51. The van der Waals surface area contributed by atoms with Crippen LogP contribution in [-0.4, -0.2) is 133 Å². The van der Waals surface area contributed by atoms with Crippen LogP contribution in [0.4, 0.5) is 19.2 Å². The van der Waals surface area contributed by atoms with Crippen LogP contribution in [0.1, 0.15) is 199 Å². The van der Waals surface area contributed by atoms with E-state index in [-0.39, 0.29) is 78.6 Å². The van der Waals surface area contributed by atoms with Crippen molar-refractivity contribution in [2.75, 3.05) is 65.6 Å². The number of rotatable bonds is 24. The second kappa shape index (κ2) is 29.8. The van der Waals surface area contributed by atoms with Gasteiger partial charge in [0.15, 0.2) is 0 Å². The van der Waals surface area contributed by atoms with Crippen LogP contribution in [0.2, 0.25) is 0 Å². The van der Waals surface area contributed by atoms with E-state index in [1.165, 1.54) is 0 Å². The fourth-order valence-corrected chi connectivity index (χ4v) is 11.5. The minimum atomic E-state index is -0.979. The van der Waals surface area contributed by atoms with E-state index >= 15 is 0 Å².